The largest absolute Gasteiger partial charge is 0.481 e. The van der Waals surface area contributed by atoms with Crippen LogP contribution in [0.5, 0.6) is 0 Å². The number of nitrogens with one attached hydrogen (secondary N) is 2. The van der Waals surface area contributed by atoms with Gasteiger partial charge in [-0.05, 0) is 36.5 Å². The number of carbonyl (C=O) groups is 2. The van der Waals surface area contributed by atoms with Crippen molar-refractivity contribution in [1.29, 1.82) is 0 Å². The molecule has 1 aromatic rings. The number of carboxylic acid groups (broad SMARTS) is 1. The van der Waals surface area contributed by atoms with Crippen molar-refractivity contribution < 1.29 is 14.7 Å². The van der Waals surface area contributed by atoms with E-state index in [0.29, 0.717) is 12.1 Å². The van der Waals surface area contributed by atoms with Crippen molar-refractivity contribution in [3.63, 3.8) is 0 Å². The summed E-state index contributed by atoms with van der Waals surface area (Å²) in [7, 11) is 0. The van der Waals surface area contributed by atoms with Gasteiger partial charge in [0.2, 0.25) is 0 Å². The molecule has 0 aliphatic heterocycles. The average Bonchev–Trinajstić information content (AvgIpc) is 2.35. The molecule has 1 atom stereocenters. The van der Waals surface area contributed by atoms with Gasteiger partial charge in [0.05, 0.1) is 0 Å². The summed E-state index contributed by atoms with van der Waals surface area (Å²) < 4.78 is 0. The average molecular weight is 292 g/mol. The normalized spacial score (nSPS) is 12.6. The van der Waals surface area contributed by atoms with Crippen LogP contribution in [0.2, 0.25) is 0 Å². The van der Waals surface area contributed by atoms with E-state index in [0.717, 1.165) is 5.56 Å². The third kappa shape index (κ3) is 6.29. The first-order valence-corrected chi connectivity index (χ1v) is 7.07. The molecule has 0 aliphatic rings. The van der Waals surface area contributed by atoms with Gasteiger partial charge in [0.1, 0.15) is 0 Å². The molecule has 0 aliphatic carbocycles. The molecular formula is C16H24N2O3. The Bertz CT molecular complexity index is 506. The first-order valence-electron chi connectivity index (χ1n) is 7.07. The van der Waals surface area contributed by atoms with E-state index in [4.69, 9.17) is 5.11 Å². The number of carbonyl (C=O) groups excluding carboxylic acids is 1. The zero-order valence-corrected chi connectivity index (χ0v) is 13.1. The van der Waals surface area contributed by atoms with E-state index in [9.17, 15) is 9.59 Å². The number of anilines is 1. The molecular weight excluding hydrogens is 268 g/mol. The number of benzene rings is 1. The van der Waals surface area contributed by atoms with Gasteiger partial charge in [0.25, 0.3) is 0 Å². The summed E-state index contributed by atoms with van der Waals surface area (Å²) in [5, 5.41) is 14.4. The second kappa shape index (κ2) is 7.11. The topological polar surface area (TPSA) is 78.4 Å². The molecule has 21 heavy (non-hydrogen) atoms. The lowest BCUT2D eigenvalue weighted by atomic mass is 9.88. The summed E-state index contributed by atoms with van der Waals surface area (Å²) in [6.07, 6.45) is 0.529. The highest BCUT2D eigenvalue weighted by Gasteiger charge is 2.21. The van der Waals surface area contributed by atoms with Crippen LogP contribution >= 0.6 is 0 Å². The Morgan fingerprint density at radius 3 is 2.52 bits per heavy atom. The van der Waals surface area contributed by atoms with Crippen LogP contribution in [0.3, 0.4) is 0 Å². The van der Waals surface area contributed by atoms with Gasteiger partial charge in [-0.15, -0.1) is 0 Å². The van der Waals surface area contributed by atoms with E-state index < -0.39 is 5.97 Å². The summed E-state index contributed by atoms with van der Waals surface area (Å²) in [6.45, 7) is 8.14. The summed E-state index contributed by atoms with van der Waals surface area (Å²) in [6, 6.07) is 7.01. The SMILES string of the molecule is CC(NC(=O)Nc1cccc(CCC(=O)O)c1)C(C)(C)C. The first-order chi connectivity index (χ1) is 9.68. The van der Waals surface area contributed by atoms with Crippen molar-refractivity contribution in [2.75, 3.05) is 5.32 Å². The van der Waals surface area contributed by atoms with Gasteiger partial charge in [-0.3, -0.25) is 4.79 Å². The Labute approximate surface area is 125 Å². The maximum absolute atomic E-state index is 11.9. The van der Waals surface area contributed by atoms with Crippen LogP contribution in [-0.2, 0) is 11.2 Å². The molecule has 1 rings (SSSR count). The summed E-state index contributed by atoms with van der Waals surface area (Å²) in [5.74, 6) is -0.829. The van der Waals surface area contributed by atoms with Crippen LogP contribution in [0.1, 0.15) is 39.7 Å². The number of carboxylic acids is 1. The molecule has 0 bridgehead atoms. The Kier molecular flexibility index (Phi) is 5.76. The minimum Gasteiger partial charge on any atom is -0.481 e. The molecule has 1 aromatic carbocycles. The molecule has 0 spiro atoms. The van der Waals surface area contributed by atoms with E-state index in [1.165, 1.54) is 0 Å². The van der Waals surface area contributed by atoms with Crippen molar-refractivity contribution in [1.82, 2.24) is 5.32 Å². The molecule has 0 fully saturated rings. The number of amides is 2. The van der Waals surface area contributed by atoms with Gasteiger partial charge in [-0.2, -0.15) is 0 Å². The maximum atomic E-state index is 11.9. The van der Waals surface area contributed by atoms with Crippen LogP contribution in [0, 0.1) is 5.41 Å². The summed E-state index contributed by atoms with van der Waals surface area (Å²) in [4.78, 5) is 22.5. The second-order valence-electron chi connectivity index (χ2n) is 6.28. The second-order valence-corrected chi connectivity index (χ2v) is 6.28. The van der Waals surface area contributed by atoms with Gasteiger partial charge >= 0.3 is 12.0 Å². The fourth-order valence-corrected chi connectivity index (χ4v) is 1.64. The molecule has 0 saturated carbocycles. The molecule has 0 aromatic heterocycles. The van der Waals surface area contributed by atoms with Crippen molar-refractivity contribution in [3.8, 4) is 0 Å². The maximum Gasteiger partial charge on any atom is 0.319 e. The Balaban J connectivity index is 2.60. The fraction of sp³-hybridized carbons (Fsp3) is 0.500. The quantitative estimate of drug-likeness (QED) is 0.779. The molecule has 116 valence electrons. The van der Waals surface area contributed by atoms with Crippen molar-refractivity contribution in [2.45, 2.75) is 46.6 Å². The standard InChI is InChI=1S/C16H24N2O3/c1-11(16(2,3)4)17-15(21)18-13-7-5-6-12(10-13)8-9-14(19)20/h5-7,10-11H,8-9H2,1-4H3,(H,19,20)(H2,17,18,21). The molecule has 0 saturated heterocycles. The van der Waals surface area contributed by atoms with Gasteiger partial charge in [0, 0.05) is 18.2 Å². The van der Waals surface area contributed by atoms with Gasteiger partial charge in [-0.1, -0.05) is 32.9 Å². The minimum atomic E-state index is -0.829. The summed E-state index contributed by atoms with van der Waals surface area (Å²) >= 11 is 0. The van der Waals surface area contributed by atoms with Gasteiger partial charge in [0.15, 0.2) is 0 Å². The highest BCUT2D eigenvalue weighted by molar-refractivity contribution is 5.89. The number of hydrogen-bond donors (Lipinski definition) is 3. The lowest BCUT2D eigenvalue weighted by Gasteiger charge is -2.28. The predicted octanol–water partition coefficient (Wildman–Crippen LogP) is 3.26. The molecule has 0 heterocycles. The van der Waals surface area contributed by atoms with Crippen LogP contribution in [0.25, 0.3) is 0 Å². The first kappa shape index (κ1) is 17.0. The van der Waals surface area contributed by atoms with E-state index in [-0.39, 0.29) is 23.9 Å². The van der Waals surface area contributed by atoms with Crippen molar-refractivity contribution in [2.24, 2.45) is 5.41 Å². The minimum absolute atomic E-state index is 0.0132. The van der Waals surface area contributed by atoms with Crippen molar-refractivity contribution in [3.05, 3.63) is 29.8 Å². The van der Waals surface area contributed by atoms with E-state index in [1.54, 1.807) is 18.2 Å². The van der Waals surface area contributed by atoms with Crippen LogP contribution < -0.4 is 10.6 Å². The van der Waals surface area contributed by atoms with Crippen molar-refractivity contribution >= 4 is 17.7 Å². The number of rotatable bonds is 5. The third-order valence-electron chi connectivity index (χ3n) is 3.46. The highest BCUT2D eigenvalue weighted by Crippen LogP contribution is 2.19. The fourth-order valence-electron chi connectivity index (χ4n) is 1.64. The van der Waals surface area contributed by atoms with E-state index in [1.807, 2.05) is 13.0 Å². The molecule has 1 unspecified atom stereocenters. The highest BCUT2D eigenvalue weighted by atomic mass is 16.4. The van der Waals surface area contributed by atoms with Crippen LogP contribution in [-0.4, -0.2) is 23.1 Å². The number of hydrogen-bond acceptors (Lipinski definition) is 2. The Morgan fingerprint density at radius 2 is 1.95 bits per heavy atom. The molecule has 3 N–H and O–H groups in total. The number of aryl methyl sites for hydroxylation is 1. The monoisotopic (exact) mass is 292 g/mol. The summed E-state index contributed by atoms with van der Waals surface area (Å²) in [5.41, 5.74) is 1.54. The van der Waals surface area contributed by atoms with Crippen LogP contribution in [0.15, 0.2) is 24.3 Å². The van der Waals surface area contributed by atoms with E-state index >= 15 is 0 Å². The predicted molar refractivity (Wildman–Crippen MR) is 83.5 cm³/mol. The lowest BCUT2D eigenvalue weighted by Crippen LogP contribution is -2.43. The molecule has 2 amide bonds. The molecule has 0 radical (unpaired) electrons. The van der Waals surface area contributed by atoms with E-state index in [2.05, 4.69) is 31.4 Å². The lowest BCUT2D eigenvalue weighted by molar-refractivity contribution is -0.136. The zero-order valence-electron chi connectivity index (χ0n) is 13.1. The Hall–Kier alpha value is -2.04. The van der Waals surface area contributed by atoms with Crippen LogP contribution in [0.4, 0.5) is 10.5 Å². The molecule has 5 nitrogen and oxygen atoms in total. The zero-order chi connectivity index (χ0) is 16.0. The van der Waals surface area contributed by atoms with Gasteiger partial charge in [-0.25, -0.2) is 4.79 Å². The smallest absolute Gasteiger partial charge is 0.319 e. The third-order valence-corrected chi connectivity index (χ3v) is 3.46. The Morgan fingerprint density at radius 1 is 1.29 bits per heavy atom. The van der Waals surface area contributed by atoms with Gasteiger partial charge < -0.3 is 15.7 Å². The number of aliphatic carboxylic acids is 1. The number of urea groups is 1. The molecule has 5 heteroatoms.